The molecule has 0 saturated carbocycles. The van der Waals surface area contributed by atoms with Crippen LogP contribution in [0.3, 0.4) is 0 Å². The number of rotatable bonds is 9. The molecule has 0 aliphatic carbocycles. The van der Waals surface area contributed by atoms with Crippen molar-refractivity contribution in [2.75, 3.05) is 25.1 Å². The van der Waals surface area contributed by atoms with Crippen molar-refractivity contribution in [1.29, 1.82) is 0 Å². The normalized spacial score (nSPS) is 13.3. The summed E-state index contributed by atoms with van der Waals surface area (Å²) in [6.45, 7) is 9.73. The Morgan fingerprint density at radius 3 is 1.84 bits per heavy atom. The van der Waals surface area contributed by atoms with E-state index < -0.39 is 8.80 Å². The van der Waals surface area contributed by atoms with Gasteiger partial charge in [0.05, 0.1) is 5.67 Å². The molecule has 0 saturated heterocycles. The van der Waals surface area contributed by atoms with Crippen molar-refractivity contribution in [1.82, 2.24) is 0 Å². The molecule has 4 nitrogen and oxygen atoms in total. The second kappa shape index (κ2) is 8.32. The van der Waals surface area contributed by atoms with E-state index in [1.165, 1.54) is 0 Å². The lowest BCUT2D eigenvalue weighted by atomic mass is 10.3. The summed E-state index contributed by atoms with van der Waals surface area (Å²) in [5.74, 6) is 0. The molecule has 5 heteroatoms. The van der Waals surface area contributed by atoms with Gasteiger partial charge >= 0.3 is 8.80 Å². The van der Waals surface area contributed by atoms with Crippen LogP contribution in [0.15, 0.2) is 30.3 Å². The van der Waals surface area contributed by atoms with Gasteiger partial charge in [0.2, 0.25) is 0 Å². The predicted molar refractivity (Wildman–Crippen MR) is 80.2 cm³/mol. The number of hydrogen-bond donors (Lipinski definition) is 1. The number of anilines is 1. The number of hydrogen-bond acceptors (Lipinski definition) is 4. The van der Waals surface area contributed by atoms with E-state index in [1.807, 2.05) is 51.1 Å². The number of nitrogens with one attached hydrogen (secondary N) is 1. The van der Waals surface area contributed by atoms with Crippen molar-refractivity contribution in [2.45, 2.75) is 33.4 Å². The van der Waals surface area contributed by atoms with E-state index in [0.717, 1.165) is 5.69 Å². The van der Waals surface area contributed by atoms with E-state index >= 15 is 0 Å². The lowest BCUT2D eigenvalue weighted by Gasteiger charge is -2.34. The molecule has 1 aromatic rings. The van der Waals surface area contributed by atoms with Gasteiger partial charge in [0, 0.05) is 25.5 Å². The summed E-state index contributed by atoms with van der Waals surface area (Å²) in [5.41, 5.74) is 1.06. The molecule has 0 spiro atoms. The maximum Gasteiger partial charge on any atom is 0.524 e. The molecule has 0 amide bonds. The molecular weight excluding hydrogens is 258 g/mol. The zero-order valence-electron chi connectivity index (χ0n) is 12.3. The summed E-state index contributed by atoms with van der Waals surface area (Å²) in [6.07, 6.45) is 0. The highest BCUT2D eigenvalue weighted by atomic mass is 28.4. The lowest BCUT2D eigenvalue weighted by Crippen LogP contribution is -2.58. The van der Waals surface area contributed by atoms with Crippen molar-refractivity contribution in [3.8, 4) is 0 Å². The largest absolute Gasteiger partial charge is 0.524 e. The van der Waals surface area contributed by atoms with Gasteiger partial charge in [0.1, 0.15) is 0 Å². The maximum atomic E-state index is 5.88. The van der Waals surface area contributed by atoms with E-state index in [4.69, 9.17) is 13.3 Å². The zero-order valence-corrected chi connectivity index (χ0v) is 13.3. The maximum absolute atomic E-state index is 5.88. The van der Waals surface area contributed by atoms with Gasteiger partial charge in [0.25, 0.3) is 0 Å². The van der Waals surface area contributed by atoms with Crippen LogP contribution in [0.2, 0.25) is 0 Å². The smallest absolute Gasteiger partial charge is 0.378 e. The summed E-state index contributed by atoms with van der Waals surface area (Å²) >= 11 is 0. The number of benzene rings is 1. The summed E-state index contributed by atoms with van der Waals surface area (Å²) in [7, 11) is -2.69. The fraction of sp³-hybridized carbons (Fsp3) is 0.571. The molecule has 0 aliphatic heterocycles. The molecule has 19 heavy (non-hydrogen) atoms. The van der Waals surface area contributed by atoms with Crippen LogP contribution >= 0.6 is 0 Å². The molecular formula is C14H25NO3Si. The molecule has 0 bridgehead atoms. The summed E-state index contributed by atoms with van der Waals surface area (Å²) < 4.78 is 17.6. The van der Waals surface area contributed by atoms with E-state index in [9.17, 15) is 0 Å². The van der Waals surface area contributed by atoms with Crippen molar-refractivity contribution in [2.24, 2.45) is 0 Å². The quantitative estimate of drug-likeness (QED) is 0.707. The number of para-hydroxylation sites is 1. The second-order valence-electron chi connectivity index (χ2n) is 4.13. The first-order valence-electron chi connectivity index (χ1n) is 6.92. The van der Waals surface area contributed by atoms with Crippen molar-refractivity contribution >= 4 is 14.5 Å². The standard InChI is InChI=1S/C14H25NO3Si/c1-5-16-19(17-6-2,18-7-3)13(4)15-14-11-9-8-10-12-14/h8-13,15H,5-7H2,1-4H3. The van der Waals surface area contributed by atoms with Crippen LogP contribution in [0.4, 0.5) is 5.69 Å². The SMILES string of the molecule is CCO[Si](OCC)(OCC)C(C)Nc1ccccc1. The highest BCUT2D eigenvalue weighted by molar-refractivity contribution is 6.63. The Kier molecular flexibility index (Phi) is 7.08. The van der Waals surface area contributed by atoms with E-state index in [0.29, 0.717) is 19.8 Å². The first-order chi connectivity index (χ1) is 9.18. The van der Waals surface area contributed by atoms with Crippen LogP contribution in [0.25, 0.3) is 0 Å². The van der Waals surface area contributed by atoms with Gasteiger partial charge in [-0.2, -0.15) is 0 Å². The van der Waals surface area contributed by atoms with Crippen LogP contribution in [0.5, 0.6) is 0 Å². The molecule has 1 aromatic carbocycles. The summed E-state index contributed by atoms with van der Waals surface area (Å²) in [4.78, 5) is 0. The molecule has 0 heterocycles. The van der Waals surface area contributed by atoms with Crippen molar-refractivity contribution < 1.29 is 13.3 Å². The van der Waals surface area contributed by atoms with Gasteiger partial charge in [-0.15, -0.1) is 0 Å². The first-order valence-corrected chi connectivity index (χ1v) is 8.72. The Morgan fingerprint density at radius 2 is 1.42 bits per heavy atom. The van der Waals surface area contributed by atoms with Gasteiger partial charge in [-0.25, -0.2) is 0 Å². The van der Waals surface area contributed by atoms with E-state index in [-0.39, 0.29) is 5.67 Å². The zero-order chi connectivity index (χ0) is 14.1. The van der Waals surface area contributed by atoms with Gasteiger partial charge < -0.3 is 18.6 Å². The van der Waals surface area contributed by atoms with Crippen LogP contribution < -0.4 is 5.32 Å². The topological polar surface area (TPSA) is 39.7 Å². The second-order valence-corrected chi connectivity index (χ2v) is 7.07. The average Bonchev–Trinajstić information content (AvgIpc) is 2.40. The van der Waals surface area contributed by atoms with E-state index in [2.05, 4.69) is 12.2 Å². The third-order valence-electron chi connectivity index (χ3n) is 2.72. The Hall–Kier alpha value is -0.883. The van der Waals surface area contributed by atoms with Gasteiger partial charge in [0.15, 0.2) is 0 Å². The van der Waals surface area contributed by atoms with Crippen LogP contribution in [-0.2, 0) is 13.3 Å². The summed E-state index contributed by atoms with van der Waals surface area (Å²) in [5, 5.41) is 3.42. The molecule has 1 atom stereocenters. The van der Waals surface area contributed by atoms with Gasteiger partial charge in [-0.1, -0.05) is 18.2 Å². The third-order valence-corrected chi connectivity index (χ3v) is 6.00. The molecule has 0 aliphatic rings. The first kappa shape index (κ1) is 16.2. The molecule has 108 valence electrons. The average molecular weight is 283 g/mol. The molecule has 1 unspecified atom stereocenters. The summed E-state index contributed by atoms with van der Waals surface area (Å²) in [6, 6.07) is 10.0. The fourth-order valence-corrected chi connectivity index (χ4v) is 4.53. The molecule has 0 aromatic heterocycles. The molecule has 1 rings (SSSR count). The van der Waals surface area contributed by atoms with Crippen LogP contribution in [0, 0.1) is 0 Å². The highest BCUT2D eigenvalue weighted by Crippen LogP contribution is 2.19. The molecule has 0 fully saturated rings. The Bertz CT molecular complexity index is 331. The monoisotopic (exact) mass is 283 g/mol. The van der Waals surface area contributed by atoms with Crippen LogP contribution in [0.1, 0.15) is 27.7 Å². The van der Waals surface area contributed by atoms with Crippen molar-refractivity contribution in [3.05, 3.63) is 30.3 Å². The minimum atomic E-state index is -2.69. The fourth-order valence-electron chi connectivity index (χ4n) is 1.98. The third kappa shape index (κ3) is 4.61. The molecule has 0 radical (unpaired) electrons. The highest BCUT2D eigenvalue weighted by Gasteiger charge is 2.47. The van der Waals surface area contributed by atoms with Gasteiger partial charge in [-0.3, -0.25) is 0 Å². The van der Waals surface area contributed by atoms with E-state index in [1.54, 1.807) is 0 Å². The predicted octanol–water partition coefficient (Wildman–Crippen LogP) is 3.07. The van der Waals surface area contributed by atoms with Gasteiger partial charge in [-0.05, 0) is 39.8 Å². The Labute approximate surface area is 117 Å². The van der Waals surface area contributed by atoms with Crippen LogP contribution in [-0.4, -0.2) is 34.3 Å². The van der Waals surface area contributed by atoms with Crippen molar-refractivity contribution in [3.63, 3.8) is 0 Å². The minimum Gasteiger partial charge on any atom is -0.378 e. The molecule has 1 N–H and O–H groups in total. The minimum absolute atomic E-state index is 0.00903. The lowest BCUT2D eigenvalue weighted by molar-refractivity contribution is 0.0659. The Balaban J connectivity index is 2.82. The Morgan fingerprint density at radius 1 is 0.947 bits per heavy atom.